The Labute approximate surface area is 155 Å². The van der Waals surface area contributed by atoms with Crippen molar-refractivity contribution >= 4 is 28.7 Å². The smallest absolute Gasteiger partial charge is 0.343 e. The molecule has 0 aliphatic rings. The van der Waals surface area contributed by atoms with E-state index in [0.717, 1.165) is 22.0 Å². The molecule has 0 unspecified atom stereocenters. The van der Waals surface area contributed by atoms with Crippen LogP contribution in [0.25, 0.3) is 11.3 Å². The molecule has 3 aromatic rings. The number of nitrogens with zero attached hydrogens (tertiary/aromatic N) is 2. The fourth-order valence-corrected chi connectivity index (χ4v) is 2.75. The summed E-state index contributed by atoms with van der Waals surface area (Å²) in [6.07, 6.45) is 1.69. The number of hydrogen-bond donors (Lipinski definition) is 1. The number of rotatable bonds is 7. The fourth-order valence-electron chi connectivity index (χ4n) is 2.08. The van der Waals surface area contributed by atoms with Crippen LogP contribution < -0.4 is 10.2 Å². The second-order valence-electron chi connectivity index (χ2n) is 5.21. The minimum Gasteiger partial charge on any atom is -0.482 e. The molecule has 0 aliphatic carbocycles. The van der Waals surface area contributed by atoms with Crippen LogP contribution in [0.4, 0.5) is 5.13 Å². The molecule has 2 aromatic carbocycles. The van der Waals surface area contributed by atoms with Gasteiger partial charge >= 0.3 is 5.97 Å². The minimum atomic E-state index is -0.418. The fraction of sp³-hybridized carbons (Fsp3) is 0.105. The molecule has 0 aliphatic heterocycles. The molecule has 0 saturated heterocycles. The van der Waals surface area contributed by atoms with Crippen LogP contribution in [0, 0.1) is 0 Å². The van der Waals surface area contributed by atoms with E-state index >= 15 is 0 Å². The Kier molecular flexibility index (Phi) is 5.95. The van der Waals surface area contributed by atoms with E-state index in [1.165, 1.54) is 18.4 Å². The van der Waals surface area contributed by atoms with Gasteiger partial charge < -0.3 is 9.47 Å². The van der Waals surface area contributed by atoms with Crippen molar-refractivity contribution in [2.75, 3.05) is 19.1 Å². The van der Waals surface area contributed by atoms with Crippen molar-refractivity contribution in [2.45, 2.75) is 0 Å². The number of esters is 1. The largest absolute Gasteiger partial charge is 0.482 e. The molecule has 0 fully saturated rings. The Bertz CT molecular complexity index is 877. The first-order valence-electron chi connectivity index (χ1n) is 7.84. The summed E-state index contributed by atoms with van der Waals surface area (Å²) >= 11 is 1.49. The van der Waals surface area contributed by atoms with Gasteiger partial charge in [0.1, 0.15) is 5.75 Å². The average Bonchev–Trinajstić information content (AvgIpc) is 3.17. The van der Waals surface area contributed by atoms with E-state index < -0.39 is 5.97 Å². The maximum absolute atomic E-state index is 11.0. The SMILES string of the molecule is COC(=O)COc1ccc(C=NNc2nc(-c3ccccc3)cs2)cc1. The van der Waals surface area contributed by atoms with Gasteiger partial charge in [-0.15, -0.1) is 11.3 Å². The third kappa shape index (κ3) is 4.90. The predicted molar refractivity (Wildman–Crippen MR) is 103 cm³/mol. The molecule has 132 valence electrons. The lowest BCUT2D eigenvalue weighted by molar-refractivity contribution is -0.142. The van der Waals surface area contributed by atoms with E-state index in [2.05, 4.69) is 20.2 Å². The summed E-state index contributed by atoms with van der Waals surface area (Å²) in [5.41, 5.74) is 5.81. The first-order chi connectivity index (χ1) is 12.7. The van der Waals surface area contributed by atoms with Crippen molar-refractivity contribution in [3.63, 3.8) is 0 Å². The van der Waals surface area contributed by atoms with E-state index in [1.807, 2.05) is 47.8 Å². The van der Waals surface area contributed by atoms with Crippen molar-refractivity contribution in [3.8, 4) is 17.0 Å². The molecule has 0 atom stereocenters. The van der Waals surface area contributed by atoms with Gasteiger partial charge in [0.25, 0.3) is 0 Å². The average molecular weight is 367 g/mol. The molecule has 7 heteroatoms. The molecular weight excluding hydrogens is 350 g/mol. The third-order valence-corrected chi connectivity index (χ3v) is 4.16. The zero-order valence-corrected chi connectivity index (χ0v) is 14.9. The Morgan fingerprint density at radius 2 is 1.96 bits per heavy atom. The summed E-state index contributed by atoms with van der Waals surface area (Å²) in [7, 11) is 1.32. The highest BCUT2D eigenvalue weighted by molar-refractivity contribution is 7.14. The van der Waals surface area contributed by atoms with Gasteiger partial charge in [-0.2, -0.15) is 5.10 Å². The standard InChI is InChI=1S/C19H17N3O3S/c1-24-18(23)12-25-16-9-7-14(8-10-16)11-20-22-19-21-17(13-26-19)15-5-3-2-4-6-15/h2-11,13H,12H2,1H3,(H,21,22). The van der Waals surface area contributed by atoms with Crippen molar-refractivity contribution < 1.29 is 14.3 Å². The van der Waals surface area contributed by atoms with Gasteiger partial charge in [0, 0.05) is 10.9 Å². The number of benzene rings is 2. The third-order valence-electron chi connectivity index (χ3n) is 3.41. The summed E-state index contributed by atoms with van der Waals surface area (Å²) in [6, 6.07) is 17.2. The van der Waals surface area contributed by atoms with E-state index in [1.54, 1.807) is 18.3 Å². The normalized spacial score (nSPS) is 10.7. The van der Waals surface area contributed by atoms with E-state index in [-0.39, 0.29) is 6.61 Å². The molecule has 0 saturated carbocycles. The molecule has 3 rings (SSSR count). The number of anilines is 1. The van der Waals surface area contributed by atoms with E-state index in [0.29, 0.717) is 5.75 Å². The van der Waals surface area contributed by atoms with Gasteiger partial charge in [0.2, 0.25) is 5.13 Å². The lowest BCUT2D eigenvalue weighted by Crippen LogP contribution is -2.12. The molecule has 0 spiro atoms. The zero-order chi connectivity index (χ0) is 18.2. The summed E-state index contributed by atoms with van der Waals surface area (Å²) in [4.78, 5) is 15.5. The zero-order valence-electron chi connectivity index (χ0n) is 14.1. The molecule has 1 aromatic heterocycles. The number of aromatic nitrogens is 1. The molecule has 0 bridgehead atoms. The van der Waals surface area contributed by atoms with Gasteiger partial charge in [-0.1, -0.05) is 30.3 Å². The molecule has 0 amide bonds. The van der Waals surface area contributed by atoms with Gasteiger partial charge in [-0.05, 0) is 29.8 Å². The first-order valence-corrected chi connectivity index (χ1v) is 8.72. The van der Waals surface area contributed by atoms with Crippen molar-refractivity contribution in [3.05, 3.63) is 65.5 Å². The van der Waals surface area contributed by atoms with Crippen LogP contribution in [-0.4, -0.2) is 30.9 Å². The van der Waals surface area contributed by atoms with E-state index in [4.69, 9.17) is 4.74 Å². The quantitative estimate of drug-likeness (QED) is 0.391. The topological polar surface area (TPSA) is 72.8 Å². The van der Waals surface area contributed by atoms with E-state index in [9.17, 15) is 4.79 Å². The summed E-state index contributed by atoms with van der Waals surface area (Å²) in [5.74, 6) is 0.172. The number of ether oxygens (including phenoxy) is 2. The summed E-state index contributed by atoms with van der Waals surface area (Å²) < 4.78 is 9.81. The number of carbonyl (C=O) groups is 1. The number of thiazole rings is 1. The monoisotopic (exact) mass is 367 g/mol. The number of hydrazone groups is 1. The predicted octanol–water partition coefficient (Wildman–Crippen LogP) is 3.81. The number of nitrogens with one attached hydrogen (secondary N) is 1. The van der Waals surface area contributed by atoms with Crippen LogP contribution >= 0.6 is 11.3 Å². The number of hydrogen-bond acceptors (Lipinski definition) is 7. The highest BCUT2D eigenvalue weighted by Crippen LogP contribution is 2.24. The highest BCUT2D eigenvalue weighted by Gasteiger charge is 2.03. The van der Waals surface area contributed by atoms with Gasteiger partial charge in [-0.3, -0.25) is 5.43 Å². The second kappa shape index (κ2) is 8.77. The maximum Gasteiger partial charge on any atom is 0.343 e. The Morgan fingerprint density at radius 3 is 2.69 bits per heavy atom. The molecule has 0 radical (unpaired) electrons. The molecule has 1 heterocycles. The van der Waals surface area contributed by atoms with Gasteiger partial charge in [0.05, 0.1) is 19.0 Å². The highest BCUT2D eigenvalue weighted by atomic mass is 32.1. The molecular formula is C19H17N3O3S. The van der Waals surface area contributed by atoms with Crippen LogP contribution in [-0.2, 0) is 9.53 Å². The lowest BCUT2D eigenvalue weighted by atomic mass is 10.2. The van der Waals surface area contributed by atoms with Gasteiger partial charge in [0.15, 0.2) is 6.61 Å². The van der Waals surface area contributed by atoms with Crippen LogP contribution in [0.2, 0.25) is 0 Å². The van der Waals surface area contributed by atoms with Gasteiger partial charge in [-0.25, -0.2) is 9.78 Å². The molecule has 6 nitrogen and oxygen atoms in total. The van der Waals surface area contributed by atoms with Crippen LogP contribution in [0.15, 0.2) is 65.1 Å². The Morgan fingerprint density at radius 1 is 1.19 bits per heavy atom. The Hall–Kier alpha value is -3.19. The molecule has 1 N–H and O–H groups in total. The summed E-state index contributed by atoms with van der Waals surface area (Å²) in [5, 5.41) is 6.90. The lowest BCUT2D eigenvalue weighted by Gasteiger charge is -2.04. The second-order valence-corrected chi connectivity index (χ2v) is 6.07. The van der Waals surface area contributed by atoms with Crippen LogP contribution in [0.1, 0.15) is 5.56 Å². The van der Waals surface area contributed by atoms with Crippen LogP contribution in [0.5, 0.6) is 5.75 Å². The van der Waals surface area contributed by atoms with Crippen molar-refractivity contribution in [1.82, 2.24) is 4.98 Å². The maximum atomic E-state index is 11.0. The number of methoxy groups -OCH3 is 1. The minimum absolute atomic E-state index is 0.112. The number of carbonyl (C=O) groups excluding carboxylic acids is 1. The first kappa shape index (κ1) is 17.6. The van der Waals surface area contributed by atoms with Crippen molar-refractivity contribution in [2.24, 2.45) is 5.10 Å². The van der Waals surface area contributed by atoms with Crippen LogP contribution in [0.3, 0.4) is 0 Å². The van der Waals surface area contributed by atoms with Crippen molar-refractivity contribution in [1.29, 1.82) is 0 Å². The molecule has 26 heavy (non-hydrogen) atoms. The Balaban J connectivity index is 1.54. The summed E-state index contributed by atoms with van der Waals surface area (Å²) in [6.45, 7) is -0.112.